The van der Waals surface area contributed by atoms with Crippen LogP contribution in [-0.2, 0) is 0 Å². The molecule has 2 aromatic heterocycles. The van der Waals surface area contributed by atoms with Crippen LogP contribution in [0.5, 0.6) is 0 Å². The third kappa shape index (κ3) is 1.59. The summed E-state index contributed by atoms with van der Waals surface area (Å²) < 4.78 is 2.08. The lowest BCUT2D eigenvalue weighted by molar-refractivity contribution is 0.454. The quantitative estimate of drug-likeness (QED) is 0.785. The van der Waals surface area contributed by atoms with E-state index in [-0.39, 0.29) is 0 Å². The molecule has 3 rings (SSSR count). The molecule has 0 saturated carbocycles. The lowest BCUT2D eigenvalue weighted by Gasteiger charge is -2.22. The highest BCUT2D eigenvalue weighted by molar-refractivity contribution is 5.46. The molecular formula is C12H16N4. The van der Waals surface area contributed by atoms with Gasteiger partial charge in [0.2, 0.25) is 0 Å². The first-order valence-electron chi connectivity index (χ1n) is 5.85. The Hall–Kier alpha value is -1.42. The zero-order valence-electron chi connectivity index (χ0n) is 9.48. The molecule has 0 spiro atoms. The summed E-state index contributed by atoms with van der Waals surface area (Å²) >= 11 is 0. The molecule has 84 valence electrons. The minimum absolute atomic E-state index is 0.562. The van der Waals surface area contributed by atoms with Gasteiger partial charge >= 0.3 is 0 Å². The molecule has 0 aliphatic carbocycles. The number of fused-ring (bicyclic) bond motifs is 1. The Morgan fingerprint density at radius 1 is 1.38 bits per heavy atom. The summed E-state index contributed by atoms with van der Waals surface area (Å²) in [7, 11) is 0. The first-order valence-corrected chi connectivity index (χ1v) is 5.85. The predicted molar refractivity (Wildman–Crippen MR) is 62.6 cm³/mol. The number of aromatic nitrogens is 3. The second kappa shape index (κ2) is 3.87. The second-order valence-corrected chi connectivity index (χ2v) is 4.45. The molecule has 1 aliphatic rings. The van der Waals surface area contributed by atoms with Crippen LogP contribution in [0.1, 0.15) is 30.1 Å². The zero-order valence-corrected chi connectivity index (χ0v) is 9.48. The van der Waals surface area contributed by atoms with Gasteiger partial charge in [0, 0.05) is 24.5 Å². The van der Waals surface area contributed by atoms with Gasteiger partial charge in [0.15, 0.2) is 5.65 Å². The predicted octanol–water partition coefficient (Wildman–Crippen LogP) is 1.50. The van der Waals surface area contributed by atoms with Crippen molar-refractivity contribution < 1.29 is 0 Å². The van der Waals surface area contributed by atoms with E-state index in [2.05, 4.69) is 25.9 Å². The Morgan fingerprint density at radius 2 is 2.19 bits per heavy atom. The van der Waals surface area contributed by atoms with E-state index in [1.165, 1.54) is 12.8 Å². The van der Waals surface area contributed by atoms with Gasteiger partial charge in [-0.15, -0.1) is 0 Å². The number of rotatable bonds is 1. The van der Waals surface area contributed by atoms with Crippen LogP contribution in [0.3, 0.4) is 0 Å². The summed E-state index contributed by atoms with van der Waals surface area (Å²) in [5.41, 5.74) is 3.26. The van der Waals surface area contributed by atoms with Crippen LogP contribution in [0.2, 0.25) is 0 Å². The second-order valence-electron chi connectivity index (χ2n) is 4.45. The van der Waals surface area contributed by atoms with Gasteiger partial charge in [-0.05, 0) is 32.9 Å². The molecule has 1 aliphatic heterocycles. The molecule has 0 radical (unpaired) electrons. The van der Waals surface area contributed by atoms with Crippen molar-refractivity contribution in [3.8, 4) is 0 Å². The van der Waals surface area contributed by atoms with Gasteiger partial charge < -0.3 is 9.72 Å². The molecule has 4 heteroatoms. The molecule has 0 atom stereocenters. The van der Waals surface area contributed by atoms with Crippen molar-refractivity contribution in [2.45, 2.75) is 25.7 Å². The topological polar surface area (TPSA) is 42.2 Å². The van der Waals surface area contributed by atoms with Crippen molar-refractivity contribution in [2.24, 2.45) is 0 Å². The maximum absolute atomic E-state index is 4.57. The summed E-state index contributed by atoms with van der Waals surface area (Å²) in [6.07, 6.45) is 8.24. The summed E-state index contributed by atoms with van der Waals surface area (Å²) in [5.74, 6) is 0.562. The third-order valence-corrected chi connectivity index (χ3v) is 3.25. The molecule has 2 aromatic rings. The first kappa shape index (κ1) is 9.78. The molecule has 0 bridgehead atoms. The highest BCUT2D eigenvalue weighted by atomic mass is 15.0. The van der Waals surface area contributed by atoms with Crippen molar-refractivity contribution in [3.05, 3.63) is 30.0 Å². The fraction of sp³-hybridized carbons (Fsp3) is 0.500. The van der Waals surface area contributed by atoms with E-state index < -0.39 is 0 Å². The van der Waals surface area contributed by atoms with E-state index >= 15 is 0 Å². The average molecular weight is 216 g/mol. The van der Waals surface area contributed by atoms with Crippen LogP contribution in [0, 0.1) is 6.92 Å². The molecule has 0 unspecified atom stereocenters. The molecule has 1 fully saturated rings. The molecule has 0 amide bonds. The largest absolute Gasteiger partial charge is 0.317 e. The van der Waals surface area contributed by atoms with Crippen LogP contribution in [0.4, 0.5) is 0 Å². The normalized spacial score (nSPS) is 18.1. The van der Waals surface area contributed by atoms with E-state index in [1.807, 2.05) is 19.3 Å². The van der Waals surface area contributed by atoms with E-state index in [4.69, 9.17) is 0 Å². The number of nitrogens with one attached hydrogen (secondary N) is 1. The lowest BCUT2D eigenvalue weighted by Crippen LogP contribution is -2.27. The number of hydrogen-bond donors (Lipinski definition) is 1. The minimum atomic E-state index is 0.562. The first-order chi connectivity index (χ1) is 7.84. The molecule has 1 N–H and O–H groups in total. The monoisotopic (exact) mass is 216 g/mol. The van der Waals surface area contributed by atoms with Crippen molar-refractivity contribution >= 4 is 5.65 Å². The van der Waals surface area contributed by atoms with Crippen molar-refractivity contribution in [1.29, 1.82) is 0 Å². The van der Waals surface area contributed by atoms with Gasteiger partial charge in [0.05, 0.1) is 11.4 Å². The van der Waals surface area contributed by atoms with Gasteiger partial charge in [-0.25, -0.2) is 4.98 Å². The highest BCUT2D eigenvalue weighted by Crippen LogP contribution is 2.26. The number of aryl methyl sites for hydroxylation is 1. The van der Waals surface area contributed by atoms with Gasteiger partial charge in [0.1, 0.15) is 0 Å². The fourth-order valence-electron chi connectivity index (χ4n) is 2.45. The van der Waals surface area contributed by atoms with Gasteiger partial charge in [-0.2, -0.15) is 0 Å². The summed E-state index contributed by atoms with van der Waals surface area (Å²) in [6, 6.07) is 0. The Labute approximate surface area is 94.7 Å². The van der Waals surface area contributed by atoms with Crippen LogP contribution in [0.15, 0.2) is 18.6 Å². The molecule has 1 saturated heterocycles. The van der Waals surface area contributed by atoms with E-state index in [0.29, 0.717) is 5.92 Å². The van der Waals surface area contributed by atoms with Gasteiger partial charge in [-0.1, -0.05) is 0 Å². The van der Waals surface area contributed by atoms with Gasteiger partial charge in [-0.3, -0.25) is 4.98 Å². The van der Waals surface area contributed by atoms with Crippen LogP contribution >= 0.6 is 0 Å². The summed E-state index contributed by atoms with van der Waals surface area (Å²) in [5, 5.41) is 3.38. The third-order valence-electron chi connectivity index (χ3n) is 3.25. The van der Waals surface area contributed by atoms with Crippen molar-refractivity contribution in [2.75, 3.05) is 13.1 Å². The Morgan fingerprint density at radius 3 is 3.00 bits per heavy atom. The lowest BCUT2D eigenvalue weighted by atomic mass is 9.94. The molecule has 0 aromatic carbocycles. The Kier molecular flexibility index (Phi) is 2.36. The number of imidazole rings is 1. The fourth-order valence-corrected chi connectivity index (χ4v) is 2.45. The molecular weight excluding hydrogens is 200 g/mol. The summed E-state index contributed by atoms with van der Waals surface area (Å²) in [4.78, 5) is 9.10. The maximum atomic E-state index is 4.57. The van der Waals surface area contributed by atoms with Crippen LogP contribution < -0.4 is 5.32 Å². The average Bonchev–Trinajstić information content (AvgIpc) is 2.70. The maximum Gasteiger partial charge on any atom is 0.159 e. The van der Waals surface area contributed by atoms with E-state index in [0.717, 1.165) is 30.1 Å². The van der Waals surface area contributed by atoms with Gasteiger partial charge in [0.25, 0.3) is 0 Å². The van der Waals surface area contributed by atoms with E-state index in [1.54, 1.807) is 0 Å². The van der Waals surface area contributed by atoms with Crippen LogP contribution in [0.25, 0.3) is 5.65 Å². The Bertz CT molecular complexity index is 497. The van der Waals surface area contributed by atoms with Crippen molar-refractivity contribution in [1.82, 2.24) is 19.7 Å². The van der Waals surface area contributed by atoms with E-state index in [9.17, 15) is 0 Å². The highest BCUT2D eigenvalue weighted by Gasteiger charge is 2.19. The molecule has 3 heterocycles. The molecule has 16 heavy (non-hydrogen) atoms. The number of nitrogens with zero attached hydrogens (tertiary/aromatic N) is 3. The smallest absolute Gasteiger partial charge is 0.159 e. The number of hydrogen-bond acceptors (Lipinski definition) is 3. The molecule has 4 nitrogen and oxygen atoms in total. The standard InChI is InChI=1S/C12H16N4/c1-9-8-16-7-6-14-11(12(16)15-9)10-2-4-13-5-3-10/h6-8,10,13H,2-5H2,1H3. The Balaban J connectivity index is 2.07. The number of piperidine rings is 1. The van der Waals surface area contributed by atoms with Crippen LogP contribution in [-0.4, -0.2) is 27.5 Å². The van der Waals surface area contributed by atoms with Crippen molar-refractivity contribution in [3.63, 3.8) is 0 Å². The minimum Gasteiger partial charge on any atom is -0.317 e. The summed E-state index contributed by atoms with van der Waals surface area (Å²) in [6.45, 7) is 4.21. The zero-order chi connectivity index (χ0) is 11.0. The SMILES string of the molecule is Cc1cn2ccnc(C3CCNCC3)c2n1.